The van der Waals surface area contributed by atoms with Gasteiger partial charge >= 0.3 is 6.09 Å². The number of amides is 1. The second-order valence-electron chi connectivity index (χ2n) is 4.41. The van der Waals surface area contributed by atoms with E-state index in [4.69, 9.17) is 5.73 Å². The molecule has 0 aromatic heterocycles. The van der Waals surface area contributed by atoms with Gasteiger partial charge in [-0.15, -0.1) is 0 Å². The van der Waals surface area contributed by atoms with Crippen molar-refractivity contribution in [1.82, 2.24) is 4.90 Å². The van der Waals surface area contributed by atoms with Gasteiger partial charge < -0.3 is 10.8 Å². The Balaban J connectivity index is 2.91. The molecule has 4 heteroatoms. The minimum atomic E-state index is -0.927. The van der Waals surface area contributed by atoms with E-state index in [0.29, 0.717) is 19.5 Å². The highest BCUT2D eigenvalue weighted by molar-refractivity contribution is 5.66. The van der Waals surface area contributed by atoms with E-state index in [1.165, 1.54) is 4.90 Å². The largest absolute Gasteiger partial charge is 0.465 e. The van der Waals surface area contributed by atoms with Crippen molar-refractivity contribution in [1.29, 1.82) is 0 Å². The molecule has 0 radical (unpaired) electrons. The Kier molecular flexibility index (Phi) is 4.52. The molecule has 1 aromatic rings. The maximum absolute atomic E-state index is 11.3. The molecular weight excluding hydrogens is 216 g/mol. The van der Waals surface area contributed by atoms with E-state index in [0.717, 1.165) is 5.56 Å². The van der Waals surface area contributed by atoms with Crippen LogP contribution < -0.4 is 5.73 Å². The lowest BCUT2D eigenvalue weighted by Crippen LogP contribution is -2.53. The standard InChI is InChI=1S/C13H20N2O2/c1-3-13(2,10-14)15(12(16)17)9-11-7-5-4-6-8-11/h4-8H,3,9-10,14H2,1-2H3,(H,16,17)/t13-/m0/s1. The molecule has 94 valence electrons. The van der Waals surface area contributed by atoms with Crippen LogP contribution >= 0.6 is 0 Å². The fourth-order valence-corrected chi connectivity index (χ4v) is 1.70. The third-order valence-electron chi connectivity index (χ3n) is 3.27. The first-order valence-electron chi connectivity index (χ1n) is 5.78. The van der Waals surface area contributed by atoms with Crippen molar-refractivity contribution in [3.8, 4) is 0 Å². The third-order valence-corrected chi connectivity index (χ3v) is 3.27. The normalized spacial score (nSPS) is 14.1. The number of hydrogen-bond donors (Lipinski definition) is 2. The van der Waals surface area contributed by atoms with Gasteiger partial charge in [0.25, 0.3) is 0 Å². The minimum absolute atomic E-state index is 0.322. The summed E-state index contributed by atoms with van der Waals surface area (Å²) >= 11 is 0. The summed E-state index contributed by atoms with van der Waals surface area (Å²) in [6.07, 6.45) is -0.230. The van der Waals surface area contributed by atoms with Gasteiger partial charge in [-0.1, -0.05) is 37.3 Å². The van der Waals surface area contributed by atoms with E-state index < -0.39 is 11.6 Å². The molecule has 3 N–H and O–H groups in total. The molecule has 1 aromatic carbocycles. The van der Waals surface area contributed by atoms with Gasteiger partial charge in [-0.05, 0) is 18.9 Å². The maximum atomic E-state index is 11.3. The van der Waals surface area contributed by atoms with Crippen molar-refractivity contribution in [2.45, 2.75) is 32.4 Å². The van der Waals surface area contributed by atoms with Crippen LogP contribution in [0.15, 0.2) is 30.3 Å². The molecule has 0 saturated heterocycles. The summed E-state index contributed by atoms with van der Waals surface area (Å²) in [5.74, 6) is 0. The van der Waals surface area contributed by atoms with Gasteiger partial charge in [-0.3, -0.25) is 4.90 Å². The number of carbonyl (C=O) groups is 1. The van der Waals surface area contributed by atoms with Crippen molar-refractivity contribution in [2.24, 2.45) is 5.73 Å². The van der Waals surface area contributed by atoms with Crippen molar-refractivity contribution < 1.29 is 9.90 Å². The Morgan fingerprint density at radius 1 is 1.41 bits per heavy atom. The monoisotopic (exact) mass is 236 g/mol. The molecular formula is C13H20N2O2. The van der Waals surface area contributed by atoms with Crippen molar-refractivity contribution in [3.05, 3.63) is 35.9 Å². The second kappa shape index (κ2) is 5.68. The molecule has 17 heavy (non-hydrogen) atoms. The highest BCUT2D eigenvalue weighted by atomic mass is 16.4. The van der Waals surface area contributed by atoms with E-state index in [1.54, 1.807) is 0 Å². The van der Waals surface area contributed by atoms with Crippen LogP contribution in [0, 0.1) is 0 Å². The molecule has 0 bridgehead atoms. The van der Waals surface area contributed by atoms with Crippen LogP contribution in [0.5, 0.6) is 0 Å². The summed E-state index contributed by atoms with van der Waals surface area (Å²) < 4.78 is 0. The van der Waals surface area contributed by atoms with Crippen LogP contribution in [0.1, 0.15) is 25.8 Å². The minimum Gasteiger partial charge on any atom is -0.465 e. The predicted molar refractivity (Wildman–Crippen MR) is 67.8 cm³/mol. The average Bonchev–Trinajstić information content (AvgIpc) is 2.36. The molecule has 0 saturated carbocycles. The number of nitrogens with two attached hydrogens (primary N) is 1. The van der Waals surface area contributed by atoms with Gasteiger partial charge in [0.2, 0.25) is 0 Å². The molecule has 0 aliphatic carbocycles. The zero-order valence-electron chi connectivity index (χ0n) is 10.4. The zero-order chi connectivity index (χ0) is 12.9. The number of carboxylic acid groups (broad SMARTS) is 1. The highest BCUT2D eigenvalue weighted by Gasteiger charge is 2.32. The molecule has 0 spiro atoms. The van der Waals surface area contributed by atoms with Crippen LogP contribution in [0.2, 0.25) is 0 Å². The van der Waals surface area contributed by atoms with Crippen LogP contribution in [0.25, 0.3) is 0 Å². The van der Waals surface area contributed by atoms with Gasteiger partial charge in [-0.25, -0.2) is 4.79 Å². The molecule has 1 amide bonds. The number of benzene rings is 1. The highest BCUT2D eigenvalue weighted by Crippen LogP contribution is 2.21. The summed E-state index contributed by atoms with van der Waals surface area (Å²) in [6, 6.07) is 9.56. The van der Waals surface area contributed by atoms with Crippen molar-refractivity contribution in [3.63, 3.8) is 0 Å². The molecule has 0 unspecified atom stereocenters. The van der Waals surface area contributed by atoms with Gasteiger partial charge in [-0.2, -0.15) is 0 Å². The lowest BCUT2D eigenvalue weighted by Gasteiger charge is -2.38. The van der Waals surface area contributed by atoms with Crippen LogP contribution in [-0.2, 0) is 6.54 Å². The Labute approximate surface area is 102 Å². The fraction of sp³-hybridized carbons (Fsp3) is 0.462. The number of rotatable bonds is 5. The first kappa shape index (κ1) is 13.5. The molecule has 1 atom stereocenters. The first-order valence-corrected chi connectivity index (χ1v) is 5.78. The Hall–Kier alpha value is -1.55. The van der Waals surface area contributed by atoms with E-state index >= 15 is 0 Å². The molecule has 0 fully saturated rings. The van der Waals surface area contributed by atoms with Crippen molar-refractivity contribution >= 4 is 6.09 Å². The van der Waals surface area contributed by atoms with Gasteiger partial charge in [0.15, 0.2) is 0 Å². The molecule has 4 nitrogen and oxygen atoms in total. The summed E-state index contributed by atoms with van der Waals surface area (Å²) in [6.45, 7) is 4.53. The zero-order valence-corrected chi connectivity index (χ0v) is 10.4. The molecule has 0 heterocycles. The van der Waals surface area contributed by atoms with Gasteiger partial charge in [0, 0.05) is 13.1 Å². The maximum Gasteiger partial charge on any atom is 0.408 e. The quantitative estimate of drug-likeness (QED) is 0.824. The lowest BCUT2D eigenvalue weighted by molar-refractivity contribution is 0.0797. The van der Waals surface area contributed by atoms with E-state index in [2.05, 4.69) is 0 Å². The lowest BCUT2D eigenvalue weighted by atomic mass is 9.96. The second-order valence-corrected chi connectivity index (χ2v) is 4.41. The number of hydrogen-bond acceptors (Lipinski definition) is 2. The van der Waals surface area contributed by atoms with E-state index in [1.807, 2.05) is 44.2 Å². The van der Waals surface area contributed by atoms with E-state index in [-0.39, 0.29) is 0 Å². The first-order chi connectivity index (χ1) is 8.03. The Morgan fingerprint density at radius 3 is 2.41 bits per heavy atom. The van der Waals surface area contributed by atoms with Gasteiger partial charge in [0.05, 0.1) is 5.54 Å². The topological polar surface area (TPSA) is 66.6 Å². The molecule has 0 aliphatic rings. The summed E-state index contributed by atoms with van der Waals surface area (Å²) in [5.41, 5.74) is 6.17. The average molecular weight is 236 g/mol. The van der Waals surface area contributed by atoms with Crippen LogP contribution in [0.3, 0.4) is 0 Å². The predicted octanol–water partition coefficient (Wildman–Crippen LogP) is 2.29. The summed E-state index contributed by atoms with van der Waals surface area (Å²) in [4.78, 5) is 12.8. The fourth-order valence-electron chi connectivity index (χ4n) is 1.70. The summed E-state index contributed by atoms with van der Waals surface area (Å²) in [5, 5.41) is 9.30. The van der Waals surface area contributed by atoms with Crippen LogP contribution in [-0.4, -0.2) is 28.2 Å². The van der Waals surface area contributed by atoms with Crippen molar-refractivity contribution in [2.75, 3.05) is 6.54 Å². The Morgan fingerprint density at radius 2 is 2.00 bits per heavy atom. The molecule has 1 rings (SSSR count). The smallest absolute Gasteiger partial charge is 0.408 e. The summed E-state index contributed by atoms with van der Waals surface area (Å²) in [7, 11) is 0. The SMILES string of the molecule is CC[C@@](C)(CN)N(Cc1ccccc1)C(=O)O. The Bertz CT molecular complexity index is 361. The third kappa shape index (κ3) is 3.20. The van der Waals surface area contributed by atoms with Crippen LogP contribution in [0.4, 0.5) is 4.79 Å². The molecule has 0 aliphatic heterocycles. The number of nitrogens with zero attached hydrogens (tertiary/aromatic N) is 1. The van der Waals surface area contributed by atoms with Gasteiger partial charge in [0.1, 0.15) is 0 Å². The van der Waals surface area contributed by atoms with E-state index in [9.17, 15) is 9.90 Å².